The van der Waals surface area contributed by atoms with Crippen molar-refractivity contribution in [3.05, 3.63) is 89.3 Å². The number of benzene rings is 2. The van der Waals surface area contributed by atoms with E-state index in [1.807, 2.05) is 35.8 Å². The minimum Gasteiger partial charge on any atom is -0.317 e. The van der Waals surface area contributed by atoms with Crippen LogP contribution in [-0.2, 0) is 15.8 Å². The number of rotatable bonds is 3. The van der Waals surface area contributed by atoms with Gasteiger partial charge in [-0.25, -0.2) is 0 Å². The molecular weight excluding hydrogens is 439 g/mol. The Hall–Kier alpha value is -3.72. The van der Waals surface area contributed by atoms with E-state index in [9.17, 15) is 22.8 Å². The summed E-state index contributed by atoms with van der Waals surface area (Å²) in [6.07, 6.45) is -1.41. The fourth-order valence-electron chi connectivity index (χ4n) is 3.43. The smallest absolute Gasteiger partial charge is 0.317 e. The van der Waals surface area contributed by atoms with Crippen molar-refractivity contribution in [1.29, 1.82) is 0 Å². The zero-order valence-corrected chi connectivity index (χ0v) is 17.5. The van der Waals surface area contributed by atoms with Gasteiger partial charge in [-0.15, -0.1) is 0 Å². The fourth-order valence-corrected chi connectivity index (χ4v) is 3.71. The molecule has 3 aromatic rings. The highest BCUT2D eigenvalue weighted by Crippen LogP contribution is 2.32. The number of alkyl halides is 3. The number of aryl methyl sites for hydroxylation is 1. The molecule has 1 aliphatic heterocycles. The van der Waals surface area contributed by atoms with Crippen LogP contribution >= 0.6 is 12.2 Å². The van der Waals surface area contributed by atoms with Gasteiger partial charge in [0.2, 0.25) is 0 Å². The maximum atomic E-state index is 13.2. The summed E-state index contributed by atoms with van der Waals surface area (Å²) in [6.45, 7) is 1.93. The first-order valence-corrected chi connectivity index (χ1v) is 9.90. The summed E-state index contributed by atoms with van der Waals surface area (Å²) in [7, 11) is 0. The lowest BCUT2D eigenvalue weighted by Gasteiger charge is -2.29. The van der Waals surface area contributed by atoms with Crippen LogP contribution in [0.4, 0.5) is 18.9 Å². The lowest BCUT2D eigenvalue weighted by molar-refractivity contribution is -0.137. The second-order valence-corrected chi connectivity index (χ2v) is 7.48. The Morgan fingerprint density at radius 2 is 1.75 bits per heavy atom. The first-order chi connectivity index (χ1) is 15.2. The van der Waals surface area contributed by atoms with Crippen LogP contribution in [-0.4, -0.2) is 21.5 Å². The molecule has 9 heteroatoms. The van der Waals surface area contributed by atoms with Gasteiger partial charge >= 0.3 is 6.18 Å². The Balaban J connectivity index is 1.76. The van der Waals surface area contributed by atoms with E-state index in [1.165, 1.54) is 18.2 Å². The topological polar surface area (TPSA) is 54.3 Å². The molecule has 0 radical (unpaired) electrons. The van der Waals surface area contributed by atoms with Crippen molar-refractivity contribution in [2.45, 2.75) is 13.1 Å². The number of halogens is 3. The third-order valence-corrected chi connectivity index (χ3v) is 5.27. The predicted octanol–water partition coefficient (Wildman–Crippen LogP) is 4.64. The van der Waals surface area contributed by atoms with Crippen LogP contribution in [0, 0.1) is 6.92 Å². The molecule has 1 aliphatic rings. The van der Waals surface area contributed by atoms with Crippen LogP contribution in [0.5, 0.6) is 0 Å². The van der Waals surface area contributed by atoms with Crippen molar-refractivity contribution in [2.24, 2.45) is 0 Å². The Morgan fingerprint density at radius 1 is 1.00 bits per heavy atom. The number of carbonyl (C=O) groups excluding carboxylic acids is 2. The normalized spacial score (nSPS) is 15.9. The van der Waals surface area contributed by atoms with Crippen molar-refractivity contribution < 1.29 is 22.8 Å². The van der Waals surface area contributed by atoms with Gasteiger partial charge in [0.25, 0.3) is 11.8 Å². The number of hydrogen-bond donors (Lipinski definition) is 1. The minimum atomic E-state index is -4.59. The summed E-state index contributed by atoms with van der Waals surface area (Å²) in [4.78, 5) is 26.6. The van der Waals surface area contributed by atoms with E-state index in [-0.39, 0.29) is 16.4 Å². The first-order valence-electron chi connectivity index (χ1n) is 9.49. The van der Waals surface area contributed by atoms with Gasteiger partial charge in [-0.05, 0) is 67.2 Å². The Kier molecular flexibility index (Phi) is 5.43. The maximum absolute atomic E-state index is 13.2. The molecule has 0 spiro atoms. The van der Waals surface area contributed by atoms with Crippen molar-refractivity contribution in [3.8, 4) is 5.69 Å². The molecule has 0 bridgehead atoms. The van der Waals surface area contributed by atoms with Crippen molar-refractivity contribution in [2.75, 3.05) is 4.90 Å². The SMILES string of the molecule is Cc1ccccc1-n1cccc1/C=C1\C(=O)NC(=S)N(c2cccc(C(F)(F)F)c2)C1=O. The van der Waals surface area contributed by atoms with Crippen LogP contribution in [0.15, 0.2) is 72.4 Å². The molecule has 1 saturated heterocycles. The van der Waals surface area contributed by atoms with Crippen LogP contribution < -0.4 is 10.2 Å². The number of para-hydroxylation sites is 1. The van der Waals surface area contributed by atoms with E-state index in [2.05, 4.69) is 5.32 Å². The van der Waals surface area contributed by atoms with Crippen molar-refractivity contribution in [1.82, 2.24) is 9.88 Å². The number of nitrogens with zero attached hydrogens (tertiary/aromatic N) is 2. The molecule has 0 saturated carbocycles. The van der Waals surface area contributed by atoms with Gasteiger partial charge in [0, 0.05) is 17.6 Å². The van der Waals surface area contributed by atoms with E-state index in [1.54, 1.807) is 18.3 Å². The third kappa shape index (κ3) is 3.94. The number of anilines is 1. The van der Waals surface area contributed by atoms with Gasteiger partial charge in [-0.2, -0.15) is 13.2 Å². The molecule has 0 atom stereocenters. The highest BCUT2D eigenvalue weighted by atomic mass is 32.1. The molecule has 0 unspecified atom stereocenters. The zero-order chi connectivity index (χ0) is 23.0. The number of nitrogens with one attached hydrogen (secondary N) is 1. The minimum absolute atomic E-state index is 0.0880. The molecule has 5 nitrogen and oxygen atoms in total. The quantitative estimate of drug-likeness (QED) is 0.356. The molecule has 2 aromatic carbocycles. The maximum Gasteiger partial charge on any atom is 0.416 e. The Morgan fingerprint density at radius 3 is 2.47 bits per heavy atom. The van der Waals surface area contributed by atoms with E-state index in [4.69, 9.17) is 12.2 Å². The summed E-state index contributed by atoms with van der Waals surface area (Å²) < 4.78 is 41.2. The number of thiocarbonyl (C=S) groups is 1. The van der Waals surface area contributed by atoms with Gasteiger partial charge < -0.3 is 4.57 Å². The fraction of sp³-hybridized carbons (Fsp3) is 0.0870. The summed E-state index contributed by atoms with van der Waals surface area (Å²) in [5, 5.41) is 2.10. The summed E-state index contributed by atoms with van der Waals surface area (Å²) in [5.41, 5.74) is 1.13. The van der Waals surface area contributed by atoms with Gasteiger partial charge in [0.15, 0.2) is 5.11 Å². The van der Waals surface area contributed by atoms with Crippen LogP contribution in [0.3, 0.4) is 0 Å². The van der Waals surface area contributed by atoms with Crippen molar-refractivity contribution >= 4 is 40.9 Å². The second kappa shape index (κ2) is 8.08. The molecule has 4 rings (SSSR count). The molecule has 1 N–H and O–H groups in total. The van der Waals surface area contributed by atoms with Gasteiger partial charge in [-0.3, -0.25) is 19.8 Å². The summed E-state index contributed by atoms with van der Waals surface area (Å²) in [5.74, 6) is -1.53. The van der Waals surface area contributed by atoms with Crippen molar-refractivity contribution in [3.63, 3.8) is 0 Å². The molecule has 162 valence electrons. The number of hydrogen-bond acceptors (Lipinski definition) is 3. The highest BCUT2D eigenvalue weighted by Gasteiger charge is 2.36. The standard InChI is InChI=1S/C23H16F3N3O2S/c1-14-6-2-3-10-19(14)28-11-5-9-16(28)13-18-20(30)27-22(32)29(21(18)31)17-8-4-7-15(12-17)23(24,25)26/h2-13H,1H3,(H,27,30,32)/b18-13+. The number of aromatic nitrogens is 1. The predicted molar refractivity (Wildman–Crippen MR) is 118 cm³/mol. The summed E-state index contributed by atoms with van der Waals surface area (Å²) in [6, 6.07) is 15.3. The van der Waals surface area contributed by atoms with Gasteiger partial charge in [-0.1, -0.05) is 24.3 Å². The van der Waals surface area contributed by atoms with Gasteiger partial charge in [0.1, 0.15) is 5.57 Å². The molecule has 2 amide bonds. The lowest BCUT2D eigenvalue weighted by Crippen LogP contribution is -2.54. The monoisotopic (exact) mass is 455 g/mol. The van der Waals surface area contributed by atoms with Crippen LogP contribution in [0.1, 0.15) is 16.8 Å². The lowest BCUT2D eigenvalue weighted by atomic mass is 10.1. The highest BCUT2D eigenvalue weighted by molar-refractivity contribution is 7.80. The molecule has 0 aliphatic carbocycles. The number of carbonyl (C=O) groups is 2. The summed E-state index contributed by atoms with van der Waals surface area (Å²) >= 11 is 5.08. The van der Waals surface area contributed by atoms with E-state index < -0.39 is 23.6 Å². The molecule has 32 heavy (non-hydrogen) atoms. The Labute approximate surface area is 186 Å². The largest absolute Gasteiger partial charge is 0.416 e. The van der Waals surface area contributed by atoms with E-state index in [0.29, 0.717) is 5.69 Å². The van der Waals surface area contributed by atoms with Crippen LogP contribution in [0.2, 0.25) is 0 Å². The average Bonchev–Trinajstić information content (AvgIpc) is 3.19. The van der Waals surface area contributed by atoms with Crippen LogP contribution in [0.25, 0.3) is 11.8 Å². The molecule has 2 heterocycles. The average molecular weight is 455 g/mol. The number of amides is 2. The molecule has 1 aromatic heterocycles. The third-order valence-electron chi connectivity index (χ3n) is 4.98. The van der Waals surface area contributed by atoms with Gasteiger partial charge in [0.05, 0.1) is 11.3 Å². The van der Waals surface area contributed by atoms with E-state index in [0.717, 1.165) is 28.3 Å². The Bertz CT molecular complexity index is 1280. The molecule has 1 fully saturated rings. The zero-order valence-electron chi connectivity index (χ0n) is 16.7. The first kappa shape index (κ1) is 21.5. The second-order valence-electron chi connectivity index (χ2n) is 7.10. The van der Waals surface area contributed by atoms with E-state index >= 15 is 0 Å². The molecular formula is C23H16F3N3O2S.